The lowest BCUT2D eigenvalue weighted by Gasteiger charge is -2.23. The number of nitrogens with two attached hydrogens (primary N) is 1. The van der Waals surface area contributed by atoms with Gasteiger partial charge in [-0.05, 0) is 38.1 Å². The molecule has 0 amide bonds. The first-order valence-corrected chi connectivity index (χ1v) is 5.23. The van der Waals surface area contributed by atoms with Gasteiger partial charge in [0, 0.05) is 18.6 Å². The fraction of sp³-hybridized carbons (Fsp3) is 1.00. The predicted molar refractivity (Wildman–Crippen MR) is 51.0 cm³/mol. The molecule has 0 aliphatic heterocycles. The third-order valence-corrected chi connectivity index (χ3v) is 3.09. The van der Waals surface area contributed by atoms with Crippen molar-refractivity contribution in [3.05, 3.63) is 0 Å². The van der Waals surface area contributed by atoms with E-state index in [4.69, 9.17) is 5.73 Å². The quantitative estimate of drug-likeness (QED) is 0.668. The van der Waals surface area contributed by atoms with Crippen LogP contribution in [0.15, 0.2) is 0 Å². The van der Waals surface area contributed by atoms with Crippen LogP contribution in [0.4, 0.5) is 0 Å². The highest BCUT2D eigenvalue weighted by Crippen LogP contribution is 2.35. The van der Waals surface area contributed by atoms with Gasteiger partial charge in [-0.25, -0.2) is 0 Å². The van der Waals surface area contributed by atoms with E-state index in [1.54, 1.807) is 0 Å². The zero-order valence-electron chi connectivity index (χ0n) is 8.05. The summed E-state index contributed by atoms with van der Waals surface area (Å²) in [6.45, 7) is 5.86. The van der Waals surface area contributed by atoms with Crippen molar-refractivity contribution in [2.45, 2.75) is 38.1 Å². The molecule has 0 aromatic heterocycles. The minimum absolute atomic E-state index is 0.213. The van der Waals surface area contributed by atoms with Gasteiger partial charge in [-0.3, -0.25) is 0 Å². The maximum absolute atomic E-state index is 6.08. The molecule has 12 heavy (non-hydrogen) atoms. The number of likely N-dealkylation sites (N-methyl/N-ethyl adjacent to an activating group) is 1. The molecule has 0 unspecified atom stereocenters. The Labute approximate surface area is 75.1 Å². The van der Waals surface area contributed by atoms with Crippen LogP contribution in [-0.2, 0) is 0 Å². The van der Waals surface area contributed by atoms with Crippen LogP contribution in [0.1, 0.15) is 32.6 Å². The van der Waals surface area contributed by atoms with Gasteiger partial charge in [-0.1, -0.05) is 6.92 Å². The molecule has 0 bridgehead atoms. The summed E-state index contributed by atoms with van der Waals surface area (Å²) in [7, 11) is 0. The van der Waals surface area contributed by atoms with Crippen LogP contribution in [0.2, 0.25) is 0 Å². The smallest absolute Gasteiger partial charge is 0.0284 e. The first kappa shape index (κ1) is 8.52. The van der Waals surface area contributed by atoms with Gasteiger partial charge in [0.2, 0.25) is 0 Å². The summed E-state index contributed by atoms with van der Waals surface area (Å²) in [5.41, 5.74) is 6.29. The van der Waals surface area contributed by atoms with E-state index in [0.717, 1.165) is 12.5 Å². The van der Waals surface area contributed by atoms with E-state index >= 15 is 0 Å². The van der Waals surface area contributed by atoms with Gasteiger partial charge in [0.25, 0.3) is 0 Å². The second-order valence-corrected chi connectivity index (χ2v) is 4.63. The molecule has 2 saturated carbocycles. The molecule has 2 rings (SSSR count). The van der Waals surface area contributed by atoms with Crippen molar-refractivity contribution in [3.8, 4) is 0 Å². The Kier molecular flexibility index (Phi) is 2.13. The van der Waals surface area contributed by atoms with Gasteiger partial charge < -0.3 is 10.6 Å². The molecule has 0 saturated heterocycles. The summed E-state index contributed by atoms with van der Waals surface area (Å²) in [4.78, 5) is 2.53. The zero-order chi connectivity index (χ0) is 8.60. The first-order valence-electron chi connectivity index (χ1n) is 5.23. The molecule has 2 aliphatic rings. The van der Waals surface area contributed by atoms with Crippen molar-refractivity contribution in [1.82, 2.24) is 4.90 Å². The number of hydrogen-bond acceptors (Lipinski definition) is 2. The maximum Gasteiger partial charge on any atom is 0.0284 e. The van der Waals surface area contributed by atoms with Crippen LogP contribution in [0, 0.1) is 5.92 Å². The highest BCUT2D eigenvalue weighted by atomic mass is 15.2. The molecule has 70 valence electrons. The highest BCUT2D eigenvalue weighted by molar-refractivity contribution is 5.01. The van der Waals surface area contributed by atoms with Crippen molar-refractivity contribution in [2.24, 2.45) is 11.7 Å². The Bertz CT molecular complexity index is 159. The Balaban J connectivity index is 1.73. The monoisotopic (exact) mass is 168 g/mol. The van der Waals surface area contributed by atoms with Gasteiger partial charge in [0.1, 0.15) is 0 Å². The lowest BCUT2D eigenvalue weighted by Crippen LogP contribution is -2.40. The molecule has 0 aromatic rings. The van der Waals surface area contributed by atoms with Crippen LogP contribution in [0.5, 0.6) is 0 Å². The molecule has 0 radical (unpaired) electrons. The van der Waals surface area contributed by atoms with Crippen molar-refractivity contribution in [2.75, 3.05) is 19.6 Å². The normalized spacial score (nSPS) is 26.2. The summed E-state index contributed by atoms with van der Waals surface area (Å²) in [6.07, 6.45) is 5.39. The summed E-state index contributed by atoms with van der Waals surface area (Å²) in [5, 5.41) is 0. The van der Waals surface area contributed by atoms with Crippen molar-refractivity contribution in [3.63, 3.8) is 0 Å². The standard InChI is InChI=1S/C10H20N2/c1-2-12(7-9-3-4-9)8-10(11)5-6-10/h9H,2-8,11H2,1H3. The fourth-order valence-electron chi connectivity index (χ4n) is 1.74. The average molecular weight is 168 g/mol. The Hall–Kier alpha value is -0.0800. The summed E-state index contributed by atoms with van der Waals surface area (Å²) < 4.78 is 0. The molecule has 0 aromatic carbocycles. The van der Waals surface area contributed by atoms with E-state index in [1.807, 2.05) is 0 Å². The molecule has 0 spiro atoms. The van der Waals surface area contributed by atoms with Crippen LogP contribution in [0.3, 0.4) is 0 Å². The van der Waals surface area contributed by atoms with E-state index in [2.05, 4.69) is 11.8 Å². The molecule has 0 atom stereocenters. The lowest BCUT2D eigenvalue weighted by molar-refractivity contribution is 0.252. The topological polar surface area (TPSA) is 29.3 Å². The minimum atomic E-state index is 0.213. The third-order valence-electron chi connectivity index (χ3n) is 3.09. The Morgan fingerprint density at radius 3 is 2.50 bits per heavy atom. The van der Waals surface area contributed by atoms with Gasteiger partial charge in [-0.2, -0.15) is 0 Å². The fourth-order valence-corrected chi connectivity index (χ4v) is 1.74. The van der Waals surface area contributed by atoms with Gasteiger partial charge in [0.05, 0.1) is 0 Å². The molecule has 2 aliphatic carbocycles. The average Bonchev–Trinajstić information content (AvgIpc) is 2.90. The summed E-state index contributed by atoms with van der Waals surface area (Å²) in [6, 6.07) is 0. The number of rotatable bonds is 5. The Morgan fingerprint density at radius 2 is 2.08 bits per heavy atom. The van der Waals surface area contributed by atoms with Crippen LogP contribution in [0.25, 0.3) is 0 Å². The molecule has 2 heteroatoms. The van der Waals surface area contributed by atoms with Crippen molar-refractivity contribution >= 4 is 0 Å². The number of nitrogens with zero attached hydrogens (tertiary/aromatic N) is 1. The summed E-state index contributed by atoms with van der Waals surface area (Å²) in [5.74, 6) is 1.01. The van der Waals surface area contributed by atoms with Gasteiger partial charge in [0.15, 0.2) is 0 Å². The summed E-state index contributed by atoms with van der Waals surface area (Å²) >= 11 is 0. The van der Waals surface area contributed by atoms with Gasteiger partial charge in [-0.15, -0.1) is 0 Å². The predicted octanol–water partition coefficient (Wildman–Crippen LogP) is 1.21. The number of hydrogen-bond donors (Lipinski definition) is 1. The van der Waals surface area contributed by atoms with E-state index in [1.165, 1.54) is 38.8 Å². The SMILES string of the molecule is CCN(CC1CC1)CC1(N)CC1. The van der Waals surface area contributed by atoms with Gasteiger partial charge >= 0.3 is 0 Å². The molecular formula is C10H20N2. The lowest BCUT2D eigenvalue weighted by atomic mass is 10.2. The maximum atomic E-state index is 6.08. The van der Waals surface area contributed by atoms with E-state index in [-0.39, 0.29) is 5.54 Å². The van der Waals surface area contributed by atoms with Crippen LogP contribution in [-0.4, -0.2) is 30.1 Å². The molecule has 2 nitrogen and oxygen atoms in total. The minimum Gasteiger partial charge on any atom is -0.324 e. The second-order valence-electron chi connectivity index (χ2n) is 4.63. The molecular weight excluding hydrogens is 148 g/mol. The van der Waals surface area contributed by atoms with E-state index in [0.29, 0.717) is 0 Å². The van der Waals surface area contributed by atoms with Crippen molar-refractivity contribution in [1.29, 1.82) is 0 Å². The van der Waals surface area contributed by atoms with Crippen molar-refractivity contribution < 1.29 is 0 Å². The first-order chi connectivity index (χ1) is 5.72. The highest BCUT2D eigenvalue weighted by Gasteiger charge is 2.40. The third kappa shape index (κ3) is 2.20. The molecule has 2 fully saturated rings. The van der Waals surface area contributed by atoms with Crippen LogP contribution < -0.4 is 5.73 Å². The Morgan fingerprint density at radius 1 is 1.42 bits per heavy atom. The molecule has 0 heterocycles. The molecule has 2 N–H and O–H groups in total. The largest absolute Gasteiger partial charge is 0.324 e. The van der Waals surface area contributed by atoms with Crippen LogP contribution >= 0.6 is 0 Å². The second kappa shape index (κ2) is 3.00. The zero-order valence-corrected chi connectivity index (χ0v) is 8.05. The van der Waals surface area contributed by atoms with E-state index < -0.39 is 0 Å². The van der Waals surface area contributed by atoms with E-state index in [9.17, 15) is 0 Å².